The second-order valence-electron chi connectivity index (χ2n) is 7.77. The van der Waals surface area contributed by atoms with Crippen molar-refractivity contribution in [2.45, 2.75) is 52.2 Å². The van der Waals surface area contributed by atoms with Crippen molar-refractivity contribution >= 4 is 17.4 Å². The molecule has 1 saturated carbocycles. The van der Waals surface area contributed by atoms with E-state index in [1.165, 1.54) is 10.4 Å². The van der Waals surface area contributed by atoms with Crippen LogP contribution in [-0.2, 0) is 13.6 Å². The molecule has 3 rings (SSSR count). The van der Waals surface area contributed by atoms with E-state index in [2.05, 4.69) is 54.7 Å². The van der Waals surface area contributed by atoms with E-state index >= 15 is 0 Å². The number of aromatic nitrogens is 2. The summed E-state index contributed by atoms with van der Waals surface area (Å²) in [5.41, 5.74) is 4.59. The first-order valence-electron chi connectivity index (χ1n) is 9.53. The number of hydrogen-bond donors (Lipinski definition) is 1. The van der Waals surface area contributed by atoms with E-state index in [-0.39, 0.29) is 12.1 Å². The van der Waals surface area contributed by atoms with Gasteiger partial charge in [0.2, 0.25) is 0 Å². The van der Waals surface area contributed by atoms with E-state index in [4.69, 9.17) is 0 Å². The second-order valence-corrected chi connectivity index (χ2v) is 8.71. The fraction of sp³-hybridized carbons (Fsp3) is 0.600. The molecular weight excluding hydrogens is 358 g/mol. The van der Waals surface area contributed by atoms with Crippen LogP contribution >= 0.6 is 11.3 Å². The molecule has 6 nitrogen and oxygen atoms in total. The van der Waals surface area contributed by atoms with Crippen LogP contribution in [0.2, 0.25) is 0 Å². The number of hydrogen-bond acceptors (Lipinski definition) is 4. The van der Waals surface area contributed by atoms with Gasteiger partial charge in [-0.1, -0.05) is 0 Å². The first-order chi connectivity index (χ1) is 12.8. The van der Waals surface area contributed by atoms with Crippen molar-refractivity contribution in [1.29, 1.82) is 0 Å². The Morgan fingerprint density at radius 1 is 1.37 bits per heavy atom. The number of amides is 2. The molecule has 1 N–H and O–H groups in total. The van der Waals surface area contributed by atoms with Crippen molar-refractivity contribution in [3.63, 3.8) is 0 Å². The highest BCUT2D eigenvalue weighted by atomic mass is 32.1. The number of carbonyl (C=O) groups excluding carboxylic acids is 1. The van der Waals surface area contributed by atoms with Crippen molar-refractivity contribution in [2.24, 2.45) is 7.05 Å². The minimum absolute atomic E-state index is 0.0289. The lowest BCUT2D eigenvalue weighted by molar-refractivity contribution is 0.186. The molecule has 2 aromatic heterocycles. The Morgan fingerprint density at radius 2 is 2.07 bits per heavy atom. The summed E-state index contributed by atoms with van der Waals surface area (Å²) in [6.07, 6.45) is 2.18. The molecule has 0 aliphatic heterocycles. The lowest BCUT2D eigenvalue weighted by Gasteiger charge is -2.28. The van der Waals surface area contributed by atoms with Gasteiger partial charge < -0.3 is 15.1 Å². The molecule has 27 heavy (non-hydrogen) atoms. The third-order valence-corrected chi connectivity index (χ3v) is 6.63. The van der Waals surface area contributed by atoms with Gasteiger partial charge in [-0.3, -0.25) is 4.68 Å². The molecule has 0 spiro atoms. The summed E-state index contributed by atoms with van der Waals surface area (Å²) in [7, 11) is 6.09. The second kappa shape index (κ2) is 8.02. The number of nitrogens with zero attached hydrogens (tertiary/aromatic N) is 4. The summed E-state index contributed by atoms with van der Waals surface area (Å²) in [6, 6.07) is 2.71. The molecule has 7 heteroatoms. The summed E-state index contributed by atoms with van der Waals surface area (Å²) in [6.45, 7) is 7.47. The van der Waals surface area contributed by atoms with E-state index in [1.807, 2.05) is 23.6 Å². The van der Waals surface area contributed by atoms with Gasteiger partial charge in [0.1, 0.15) is 0 Å². The van der Waals surface area contributed by atoms with E-state index in [9.17, 15) is 4.79 Å². The molecule has 0 aromatic carbocycles. The van der Waals surface area contributed by atoms with Crippen molar-refractivity contribution in [3.05, 3.63) is 38.8 Å². The van der Waals surface area contributed by atoms with Gasteiger partial charge in [-0.2, -0.15) is 5.10 Å². The first kappa shape index (κ1) is 19.9. The van der Waals surface area contributed by atoms with Crippen molar-refractivity contribution < 1.29 is 4.79 Å². The van der Waals surface area contributed by atoms with Crippen LogP contribution in [-0.4, -0.2) is 52.3 Å². The van der Waals surface area contributed by atoms with Crippen LogP contribution in [0.25, 0.3) is 0 Å². The number of aryl methyl sites for hydroxylation is 3. The first-order valence-corrected chi connectivity index (χ1v) is 10.4. The van der Waals surface area contributed by atoms with E-state index in [0.29, 0.717) is 19.1 Å². The number of likely N-dealkylation sites (N-methyl/N-ethyl adjacent to an activating group) is 1. The molecule has 2 heterocycles. The standard InChI is InChI=1S/C20H31N5OS/c1-13-9-10-27-19(13)18(23(4)5)11-21-20(26)25(16-7-8-16)12-17-14(2)22-24(6)15(17)3/h9-10,16,18H,7-8,11-12H2,1-6H3,(H,21,26)/t18-/m0/s1. The Labute approximate surface area is 166 Å². The van der Waals surface area contributed by atoms with Crippen LogP contribution in [0.3, 0.4) is 0 Å². The SMILES string of the molecule is Cc1ccsc1[C@H](CNC(=O)N(Cc1c(C)nn(C)c1C)C1CC1)N(C)C. The Hall–Kier alpha value is -1.86. The van der Waals surface area contributed by atoms with Crippen LogP contribution in [0.15, 0.2) is 11.4 Å². The summed E-state index contributed by atoms with van der Waals surface area (Å²) in [4.78, 5) is 18.5. The van der Waals surface area contributed by atoms with Crippen molar-refractivity contribution in [3.8, 4) is 0 Å². The maximum atomic E-state index is 13.0. The normalized spacial score (nSPS) is 15.2. The molecule has 0 unspecified atom stereocenters. The number of rotatable bonds is 7. The fourth-order valence-electron chi connectivity index (χ4n) is 3.49. The van der Waals surface area contributed by atoms with Gasteiger partial charge in [0.25, 0.3) is 0 Å². The molecule has 1 atom stereocenters. The Kier molecular flexibility index (Phi) is 5.91. The minimum atomic E-state index is 0.0289. The summed E-state index contributed by atoms with van der Waals surface area (Å²) in [5, 5.41) is 9.81. The van der Waals surface area contributed by atoms with E-state index < -0.39 is 0 Å². The third-order valence-electron chi connectivity index (χ3n) is 5.51. The lowest BCUT2D eigenvalue weighted by atomic mass is 10.1. The molecule has 2 aromatic rings. The third kappa shape index (κ3) is 4.35. The lowest BCUT2D eigenvalue weighted by Crippen LogP contribution is -2.44. The molecule has 1 aliphatic carbocycles. The topological polar surface area (TPSA) is 53.4 Å². The number of thiophene rings is 1. The van der Waals surface area contributed by atoms with Crippen LogP contribution in [0.5, 0.6) is 0 Å². The molecule has 0 saturated heterocycles. The minimum Gasteiger partial charge on any atom is -0.336 e. The smallest absolute Gasteiger partial charge is 0.318 e. The fourth-order valence-corrected chi connectivity index (χ4v) is 4.61. The monoisotopic (exact) mass is 389 g/mol. The van der Waals surface area contributed by atoms with Crippen molar-refractivity contribution in [2.75, 3.05) is 20.6 Å². The van der Waals surface area contributed by atoms with Crippen LogP contribution in [0, 0.1) is 20.8 Å². The zero-order valence-corrected chi connectivity index (χ0v) is 18.1. The zero-order valence-electron chi connectivity index (χ0n) is 17.2. The average Bonchev–Trinajstić information content (AvgIpc) is 3.31. The van der Waals surface area contributed by atoms with Crippen molar-refractivity contribution in [1.82, 2.24) is 24.9 Å². The number of urea groups is 1. The zero-order chi connectivity index (χ0) is 19.7. The Bertz CT molecular complexity index is 805. The maximum absolute atomic E-state index is 13.0. The molecule has 0 bridgehead atoms. The van der Waals surface area contributed by atoms with Gasteiger partial charge >= 0.3 is 6.03 Å². The number of carbonyl (C=O) groups is 1. The molecule has 1 aliphatic rings. The quantitative estimate of drug-likeness (QED) is 0.790. The Balaban J connectivity index is 1.69. The predicted molar refractivity (Wildman–Crippen MR) is 110 cm³/mol. The summed E-state index contributed by atoms with van der Waals surface area (Å²) >= 11 is 1.76. The van der Waals surface area contributed by atoms with Gasteiger partial charge in [-0.15, -0.1) is 11.3 Å². The van der Waals surface area contributed by atoms with Crippen LogP contribution in [0.4, 0.5) is 4.79 Å². The average molecular weight is 390 g/mol. The molecule has 0 radical (unpaired) electrons. The summed E-state index contributed by atoms with van der Waals surface area (Å²) < 4.78 is 1.90. The highest BCUT2D eigenvalue weighted by molar-refractivity contribution is 7.10. The van der Waals surface area contributed by atoms with Crippen LogP contribution < -0.4 is 5.32 Å². The predicted octanol–water partition coefficient (Wildman–Crippen LogP) is 3.38. The van der Waals surface area contributed by atoms with Gasteiger partial charge in [0.15, 0.2) is 0 Å². The highest BCUT2D eigenvalue weighted by Gasteiger charge is 2.34. The molecule has 1 fully saturated rings. The van der Waals surface area contributed by atoms with Gasteiger partial charge in [-0.05, 0) is 64.7 Å². The van der Waals surface area contributed by atoms with Crippen LogP contribution in [0.1, 0.15) is 46.3 Å². The molecule has 148 valence electrons. The Morgan fingerprint density at radius 3 is 2.56 bits per heavy atom. The molecule has 2 amide bonds. The maximum Gasteiger partial charge on any atom is 0.318 e. The highest BCUT2D eigenvalue weighted by Crippen LogP contribution is 2.30. The molecular formula is C20H31N5OS. The van der Waals surface area contributed by atoms with Gasteiger partial charge in [-0.25, -0.2) is 4.79 Å². The largest absolute Gasteiger partial charge is 0.336 e. The van der Waals surface area contributed by atoms with Gasteiger partial charge in [0.05, 0.1) is 18.3 Å². The van der Waals surface area contributed by atoms with E-state index in [0.717, 1.165) is 29.8 Å². The summed E-state index contributed by atoms with van der Waals surface area (Å²) in [5.74, 6) is 0. The van der Waals surface area contributed by atoms with Gasteiger partial charge in [0, 0.05) is 35.8 Å². The number of nitrogens with one attached hydrogen (secondary N) is 1. The van der Waals surface area contributed by atoms with E-state index in [1.54, 1.807) is 11.3 Å².